The van der Waals surface area contributed by atoms with Crippen LogP contribution in [0.25, 0.3) is 11.8 Å². The highest BCUT2D eigenvalue weighted by molar-refractivity contribution is 5.87. The third kappa shape index (κ3) is 3.18. The molecule has 1 aliphatic heterocycles. The summed E-state index contributed by atoms with van der Waals surface area (Å²) in [5, 5.41) is 9.97. The molecule has 1 aromatic carbocycles. The van der Waals surface area contributed by atoms with Crippen molar-refractivity contribution in [2.45, 2.75) is 19.3 Å². The number of aromatic hydroxyl groups is 1. The van der Waals surface area contributed by atoms with E-state index in [0.717, 1.165) is 23.2 Å². The molecule has 0 aliphatic carbocycles. The fourth-order valence-electron chi connectivity index (χ4n) is 3.52. The van der Waals surface area contributed by atoms with Gasteiger partial charge in [-0.3, -0.25) is 4.79 Å². The van der Waals surface area contributed by atoms with Crippen molar-refractivity contribution in [2.75, 3.05) is 18.8 Å². The number of hydrogen-bond donors (Lipinski definition) is 4. The Morgan fingerprint density at radius 1 is 1.42 bits per heavy atom. The number of benzene rings is 1. The summed E-state index contributed by atoms with van der Waals surface area (Å²) in [5.41, 5.74) is 16.2. The van der Waals surface area contributed by atoms with Crippen molar-refractivity contribution in [3.63, 3.8) is 0 Å². The Bertz CT molecular complexity index is 882. The van der Waals surface area contributed by atoms with Crippen LogP contribution in [-0.2, 0) is 4.79 Å². The van der Waals surface area contributed by atoms with Gasteiger partial charge in [0.1, 0.15) is 11.6 Å². The van der Waals surface area contributed by atoms with E-state index in [1.807, 2.05) is 13.0 Å². The second kappa shape index (κ2) is 7.00. The number of anilines is 1. The van der Waals surface area contributed by atoms with Crippen LogP contribution in [0.2, 0.25) is 0 Å². The number of nitrogens with zero attached hydrogens (tertiary/aromatic N) is 1. The topological polar surface area (TPSA) is 108 Å². The van der Waals surface area contributed by atoms with E-state index in [2.05, 4.69) is 11.6 Å². The lowest BCUT2D eigenvalue weighted by Crippen LogP contribution is -2.26. The van der Waals surface area contributed by atoms with Crippen LogP contribution >= 0.6 is 0 Å². The number of phenolic OH excluding ortho intramolecular Hbond substituents is 1. The number of nitrogen functional groups attached to an aromatic ring is 1. The minimum absolute atomic E-state index is 0.0476. The first-order valence-corrected chi connectivity index (χ1v) is 8.57. The number of nitrogens with two attached hydrogens (primary N) is 2. The molecule has 6 nitrogen and oxygen atoms in total. The minimum Gasteiger partial charge on any atom is -0.507 e. The van der Waals surface area contributed by atoms with Crippen molar-refractivity contribution in [3.8, 4) is 5.75 Å². The number of para-hydroxylation sites is 1. The van der Waals surface area contributed by atoms with Crippen molar-refractivity contribution in [1.29, 1.82) is 0 Å². The second-order valence-corrected chi connectivity index (χ2v) is 6.58. The van der Waals surface area contributed by atoms with E-state index in [4.69, 9.17) is 11.5 Å². The van der Waals surface area contributed by atoms with Crippen LogP contribution in [0.4, 0.5) is 5.82 Å². The molecule has 2 aromatic rings. The van der Waals surface area contributed by atoms with Crippen LogP contribution in [0, 0.1) is 6.92 Å². The fourth-order valence-corrected chi connectivity index (χ4v) is 3.52. The molecule has 1 saturated heterocycles. The number of hydrogen-bond acceptors (Lipinski definition) is 4. The van der Waals surface area contributed by atoms with Crippen LogP contribution in [0.15, 0.2) is 36.9 Å². The Labute approximate surface area is 152 Å². The number of carbonyl (C=O) groups excluding carboxylic acids is 1. The van der Waals surface area contributed by atoms with Gasteiger partial charge in [-0.25, -0.2) is 0 Å². The first-order valence-electron chi connectivity index (χ1n) is 8.57. The molecule has 0 saturated carbocycles. The summed E-state index contributed by atoms with van der Waals surface area (Å²) in [5.74, 6) is 0.815. The number of phenols is 1. The molecule has 0 radical (unpaired) electrons. The number of amides is 1. The molecule has 0 spiro atoms. The van der Waals surface area contributed by atoms with E-state index in [0.29, 0.717) is 30.2 Å². The van der Waals surface area contributed by atoms with E-state index in [-0.39, 0.29) is 17.6 Å². The number of rotatable bonds is 4. The van der Waals surface area contributed by atoms with Crippen molar-refractivity contribution < 1.29 is 9.90 Å². The molecular weight excluding hydrogens is 328 g/mol. The highest BCUT2D eigenvalue weighted by atomic mass is 16.3. The second-order valence-electron chi connectivity index (χ2n) is 6.58. The SMILES string of the molecule is C=CC(=O)N1CC[C@H](c2[nH]c(N)c(/C=C(\N)c3ccccc3O)c2C)C1. The zero-order valence-corrected chi connectivity index (χ0v) is 14.8. The monoisotopic (exact) mass is 352 g/mol. The standard InChI is InChI=1S/C20H24N4O2/c1-3-18(26)24-9-8-13(11-24)19-12(2)15(20(22)23-19)10-16(21)14-6-4-5-7-17(14)25/h3-7,10,13,23,25H,1,8-9,11,21-22H2,2H3/b16-10-/t13-/m0/s1. The zero-order chi connectivity index (χ0) is 18.8. The highest BCUT2D eigenvalue weighted by Gasteiger charge is 2.29. The van der Waals surface area contributed by atoms with E-state index < -0.39 is 0 Å². The van der Waals surface area contributed by atoms with E-state index in [1.54, 1.807) is 29.2 Å². The summed E-state index contributed by atoms with van der Waals surface area (Å²) in [6, 6.07) is 6.92. The zero-order valence-electron chi connectivity index (χ0n) is 14.8. The molecule has 6 heteroatoms. The van der Waals surface area contributed by atoms with Crippen LogP contribution in [0.5, 0.6) is 5.75 Å². The molecule has 1 atom stereocenters. The lowest BCUT2D eigenvalue weighted by molar-refractivity contribution is -0.125. The van der Waals surface area contributed by atoms with Crippen molar-refractivity contribution in [2.24, 2.45) is 5.73 Å². The van der Waals surface area contributed by atoms with Gasteiger partial charge in [-0.15, -0.1) is 0 Å². The van der Waals surface area contributed by atoms with Crippen molar-refractivity contribution >= 4 is 23.5 Å². The van der Waals surface area contributed by atoms with E-state index >= 15 is 0 Å². The summed E-state index contributed by atoms with van der Waals surface area (Å²) in [6.07, 6.45) is 4.00. The molecule has 6 N–H and O–H groups in total. The Kier molecular flexibility index (Phi) is 4.75. The third-order valence-electron chi connectivity index (χ3n) is 4.97. The van der Waals surface area contributed by atoms with Gasteiger partial charge >= 0.3 is 0 Å². The van der Waals surface area contributed by atoms with Crippen LogP contribution in [0.3, 0.4) is 0 Å². The Morgan fingerprint density at radius 3 is 2.85 bits per heavy atom. The average Bonchev–Trinajstić information content (AvgIpc) is 3.21. The molecule has 1 amide bonds. The molecule has 0 bridgehead atoms. The normalized spacial score (nSPS) is 17.5. The van der Waals surface area contributed by atoms with Gasteiger partial charge in [0, 0.05) is 41.5 Å². The quantitative estimate of drug-likeness (QED) is 0.634. The first-order chi connectivity index (χ1) is 12.4. The number of nitrogens with one attached hydrogen (secondary N) is 1. The lowest BCUT2D eigenvalue weighted by Gasteiger charge is -2.14. The van der Waals surface area contributed by atoms with Crippen LogP contribution in [-0.4, -0.2) is 34.0 Å². The number of aromatic nitrogens is 1. The molecular formula is C20H24N4O2. The summed E-state index contributed by atoms with van der Waals surface area (Å²) in [6.45, 7) is 6.89. The van der Waals surface area contributed by atoms with E-state index in [1.165, 1.54) is 6.08 Å². The highest BCUT2D eigenvalue weighted by Crippen LogP contribution is 2.34. The summed E-state index contributed by atoms with van der Waals surface area (Å²) in [4.78, 5) is 16.9. The Hall–Kier alpha value is -3.15. The van der Waals surface area contributed by atoms with Crippen molar-refractivity contribution in [1.82, 2.24) is 9.88 Å². The minimum atomic E-state index is -0.0476. The smallest absolute Gasteiger partial charge is 0.245 e. The molecule has 1 fully saturated rings. The molecule has 1 aliphatic rings. The maximum atomic E-state index is 11.8. The predicted molar refractivity (Wildman–Crippen MR) is 104 cm³/mol. The Morgan fingerprint density at radius 2 is 2.15 bits per heavy atom. The first kappa shape index (κ1) is 17.7. The maximum absolute atomic E-state index is 11.8. The average molecular weight is 352 g/mol. The number of aromatic amines is 1. The molecule has 1 aromatic heterocycles. The van der Waals surface area contributed by atoms with Crippen LogP contribution in [0.1, 0.15) is 34.7 Å². The van der Waals surface area contributed by atoms with Gasteiger partial charge in [0.15, 0.2) is 0 Å². The predicted octanol–water partition coefficient (Wildman–Crippen LogP) is 2.57. The van der Waals surface area contributed by atoms with Crippen LogP contribution < -0.4 is 11.5 Å². The summed E-state index contributed by atoms with van der Waals surface area (Å²) >= 11 is 0. The summed E-state index contributed by atoms with van der Waals surface area (Å²) in [7, 11) is 0. The lowest BCUT2D eigenvalue weighted by atomic mass is 9.99. The third-order valence-corrected chi connectivity index (χ3v) is 4.97. The largest absolute Gasteiger partial charge is 0.507 e. The fraction of sp³-hybridized carbons (Fsp3) is 0.250. The van der Waals surface area contributed by atoms with Gasteiger partial charge in [0.25, 0.3) is 0 Å². The van der Waals surface area contributed by atoms with Gasteiger partial charge in [-0.1, -0.05) is 18.7 Å². The molecule has 3 rings (SSSR count). The summed E-state index contributed by atoms with van der Waals surface area (Å²) < 4.78 is 0. The maximum Gasteiger partial charge on any atom is 0.245 e. The molecule has 2 heterocycles. The number of likely N-dealkylation sites (tertiary alicyclic amines) is 1. The molecule has 26 heavy (non-hydrogen) atoms. The number of H-pyrrole nitrogens is 1. The van der Waals surface area contributed by atoms with Gasteiger partial charge in [-0.2, -0.15) is 0 Å². The van der Waals surface area contributed by atoms with Gasteiger partial charge in [0.05, 0.1) is 0 Å². The van der Waals surface area contributed by atoms with Gasteiger partial charge in [0.2, 0.25) is 5.91 Å². The molecule has 136 valence electrons. The van der Waals surface area contributed by atoms with E-state index in [9.17, 15) is 9.90 Å². The Balaban J connectivity index is 1.90. The van der Waals surface area contributed by atoms with Crippen molar-refractivity contribution in [3.05, 3.63) is 59.3 Å². The molecule has 0 unspecified atom stereocenters. The van der Waals surface area contributed by atoms with Gasteiger partial charge in [-0.05, 0) is 43.2 Å². The van der Waals surface area contributed by atoms with Gasteiger partial charge < -0.3 is 26.5 Å². The number of carbonyl (C=O) groups is 1.